The van der Waals surface area contributed by atoms with Crippen molar-refractivity contribution in [3.8, 4) is 0 Å². The van der Waals surface area contributed by atoms with Crippen molar-refractivity contribution in [1.82, 2.24) is 4.90 Å². The molecule has 0 aliphatic carbocycles. The average molecular weight is 253 g/mol. The van der Waals surface area contributed by atoms with Crippen LogP contribution in [0.2, 0.25) is 0 Å². The molecule has 0 amide bonds. The third-order valence-corrected chi connectivity index (χ3v) is 3.25. The summed E-state index contributed by atoms with van der Waals surface area (Å²) in [6, 6.07) is 3.62. The lowest BCUT2D eigenvalue weighted by Gasteiger charge is -2.34. The molecule has 2 rings (SSSR count). The Labute approximate surface area is 107 Å². The highest BCUT2D eigenvalue weighted by Gasteiger charge is 2.25. The molecule has 1 fully saturated rings. The highest BCUT2D eigenvalue weighted by Crippen LogP contribution is 2.24. The van der Waals surface area contributed by atoms with Crippen molar-refractivity contribution in [1.29, 1.82) is 0 Å². The molecule has 5 heteroatoms. The molecule has 0 radical (unpaired) electrons. The molecule has 1 aromatic rings. The van der Waals surface area contributed by atoms with Crippen LogP contribution in [0.5, 0.6) is 0 Å². The largest absolute Gasteiger partial charge is 0.463 e. The van der Waals surface area contributed by atoms with E-state index in [1.54, 1.807) is 6.07 Å². The summed E-state index contributed by atoms with van der Waals surface area (Å²) < 4.78 is 15.7. The fourth-order valence-corrected chi connectivity index (χ4v) is 2.16. The quantitative estimate of drug-likeness (QED) is 0.769. The van der Waals surface area contributed by atoms with E-state index in [0.717, 1.165) is 25.5 Å². The van der Waals surface area contributed by atoms with E-state index in [1.807, 2.05) is 6.07 Å². The van der Waals surface area contributed by atoms with Gasteiger partial charge in [-0.25, -0.2) is 4.79 Å². The van der Waals surface area contributed by atoms with E-state index in [4.69, 9.17) is 9.15 Å². The van der Waals surface area contributed by atoms with Crippen LogP contribution >= 0.6 is 0 Å². The van der Waals surface area contributed by atoms with Gasteiger partial charge in [0.1, 0.15) is 5.76 Å². The second-order valence-electron chi connectivity index (χ2n) is 4.55. The van der Waals surface area contributed by atoms with E-state index in [-0.39, 0.29) is 17.9 Å². The predicted octanol–water partition coefficient (Wildman–Crippen LogP) is 1.85. The normalized spacial score (nSPS) is 22.7. The SMILES string of the molecule is COC(=O)c1ccc(C(C)N2CCOC(C)C2)o1. The molecule has 1 saturated heterocycles. The molecule has 0 aromatic carbocycles. The number of nitrogens with zero attached hydrogens (tertiary/aromatic N) is 1. The number of morpholine rings is 1. The molecule has 1 aliphatic rings. The van der Waals surface area contributed by atoms with Crippen LogP contribution in [0, 0.1) is 0 Å². The maximum Gasteiger partial charge on any atom is 0.373 e. The maximum absolute atomic E-state index is 11.3. The van der Waals surface area contributed by atoms with Crippen LogP contribution in [-0.2, 0) is 9.47 Å². The van der Waals surface area contributed by atoms with Crippen molar-refractivity contribution in [2.45, 2.75) is 26.0 Å². The number of esters is 1. The van der Waals surface area contributed by atoms with Gasteiger partial charge in [0.2, 0.25) is 5.76 Å². The number of hydrogen-bond acceptors (Lipinski definition) is 5. The standard InChI is InChI=1S/C13H19NO4/c1-9-8-14(6-7-17-9)10(2)11-4-5-12(18-11)13(15)16-3/h4-5,9-10H,6-8H2,1-3H3. The molecule has 2 heterocycles. The van der Waals surface area contributed by atoms with Crippen LogP contribution in [0.4, 0.5) is 0 Å². The molecule has 0 spiro atoms. The summed E-state index contributed by atoms with van der Waals surface area (Å²) in [5, 5.41) is 0. The Balaban J connectivity index is 2.06. The van der Waals surface area contributed by atoms with Crippen molar-refractivity contribution in [3.05, 3.63) is 23.7 Å². The minimum Gasteiger partial charge on any atom is -0.463 e. The van der Waals surface area contributed by atoms with Gasteiger partial charge in [-0.2, -0.15) is 0 Å². The molecule has 18 heavy (non-hydrogen) atoms. The number of rotatable bonds is 3. The topological polar surface area (TPSA) is 51.9 Å². The summed E-state index contributed by atoms with van der Waals surface area (Å²) >= 11 is 0. The number of methoxy groups -OCH3 is 1. The first-order valence-electron chi connectivity index (χ1n) is 6.15. The third kappa shape index (κ3) is 2.73. The summed E-state index contributed by atoms with van der Waals surface area (Å²) in [5.41, 5.74) is 0. The molecule has 100 valence electrons. The Morgan fingerprint density at radius 1 is 1.56 bits per heavy atom. The van der Waals surface area contributed by atoms with E-state index < -0.39 is 5.97 Å². The maximum atomic E-state index is 11.3. The summed E-state index contributed by atoms with van der Waals surface area (Å²) in [5.74, 6) is 0.592. The van der Waals surface area contributed by atoms with E-state index in [0.29, 0.717) is 0 Å². The van der Waals surface area contributed by atoms with E-state index in [1.165, 1.54) is 7.11 Å². The second kappa shape index (κ2) is 5.54. The van der Waals surface area contributed by atoms with Gasteiger partial charge < -0.3 is 13.9 Å². The number of hydrogen-bond donors (Lipinski definition) is 0. The first-order valence-corrected chi connectivity index (χ1v) is 6.15. The van der Waals surface area contributed by atoms with Gasteiger partial charge in [0.05, 0.1) is 25.9 Å². The zero-order valence-corrected chi connectivity index (χ0v) is 11.0. The van der Waals surface area contributed by atoms with Gasteiger partial charge in [0.15, 0.2) is 0 Å². The number of carbonyl (C=O) groups excluding carboxylic acids is 1. The highest BCUT2D eigenvalue weighted by atomic mass is 16.5. The summed E-state index contributed by atoms with van der Waals surface area (Å²) in [4.78, 5) is 13.6. The van der Waals surface area contributed by atoms with Crippen molar-refractivity contribution in [2.75, 3.05) is 26.8 Å². The van der Waals surface area contributed by atoms with Crippen LogP contribution in [0.3, 0.4) is 0 Å². The van der Waals surface area contributed by atoms with Crippen molar-refractivity contribution < 1.29 is 18.7 Å². The number of carbonyl (C=O) groups is 1. The minimum absolute atomic E-state index is 0.134. The Morgan fingerprint density at radius 2 is 2.33 bits per heavy atom. The molecule has 1 aromatic heterocycles. The molecule has 1 aliphatic heterocycles. The van der Waals surface area contributed by atoms with E-state index in [9.17, 15) is 4.79 Å². The van der Waals surface area contributed by atoms with Gasteiger partial charge in [0, 0.05) is 13.1 Å². The van der Waals surface area contributed by atoms with Gasteiger partial charge >= 0.3 is 5.97 Å². The lowest BCUT2D eigenvalue weighted by atomic mass is 10.2. The Morgan fingerprint density at radius 3 is 3.00 bits per heavy atom. The van der Waals surface area contributed by atoms with Crippen LogP contribution in [0.1, 0.15) is 36.2 Å². The monoisotopic (exact) mass is 253 g/mol. The molecule has 5 nitrogen and oxygen atoms in total. The van der Waals surface area contributed by atoms with Gasteiger partial charge in [-0.05, 0) is 26.0 Å². The van der Waals surface area contributed by atoms with Gasteiger partial charge in [-0.15, -0.1) is 0 Å². The zero-order chi connectivity index (χ0) is 13.1. The van der Waals surface area contributed by atoms with E-state index >= 15 is 0 Å². The van der Waals surface area contributed by atoms with Gasteiger partial charge in [-0.3, -0.25) is 4.90 Å². The first kappa shape index (κ1) is 13.1. The lowest BCUT2D eigenvalue weighted by Crippen LogP contribution is -2.42. The number of ether oxygens (including phenoxy) is 2. The predicted molar refractivity (Wildman–Crippen MR) is 65.4 cm³/mol. The minimum atomic E-state index is -0.441. The Hall–Kier alpha value is -1.33. The Bertz CT molecular complexity index is 415. The molecular formula is C13H19NO4. The first-order chi connectivity index (χ1) is 8.61. The van der Waals surface area contributed by atoms with Crippen molar-refractivity contribution >= 4 is 5.97 Å². The fourth-order valence-electron chi connectivity index (χ4n) is 2.16. The molecule has 2 unspecified atom stereocenters. The molecular weight excluding hydrogens is 234 g/mol. The zero-order valence-electron chi connectivity index (χ0n) is 11.0. The number of furan rings is 1. The third-order valence-electron chi connectivity index (χ3n) is 3.25. The van der Waals surface area contributed by atoms with E-state index in [2.05, 4.69) is 23.5 Å². The Kier molecular flexibility index (Phi) is 4.04. The van der Waals surface area contributed by atoms with Gasteiger partial charge in [-0.1, -0.05) is 0 Å². The smallest absolute Gasteiger partial charge is 0.373 e. The van der Waals surface area contributed by atoms with Gasteiger partial charge in [0.25, 0.3) is 0 Å². The lowest BCUT2D eigenvalue weighted by molar-refractivity contribution is -0.0348. The van der Waals surface area contributed by atoms with Crippen LogP contribution in [0.25, 0.3) is 0 Å². The average Bonchev–Trinajstić information content (AvgIpc) is 2.86. The molecule has 2 atom stereocenters. The van der Waals surface area contributed by atoms with Crippen molar-refractivity contribution in [3.63, 3.8) is 0 Å². The van der Waals surface area contributed by atoms with Crippen LogP contribution in [-0.4, -0.2) is 43.8 Å². The summed E-state index contributed by atoms with van der Waals surface area (Å²) in [6.07, 6.45) is 0.233. The van der Waals surface area contributed by atoms with Crippen LogP contribution in [0.15, 0.2) is 16.5 Å². The summed E-state index contributed by atoms with van der Waals surface area (Å²) in [7, 11) is 1.34. The highest BCUT2D eigenvalue weighted by molar-refractivity contribution is 5.86. The van der Waals surface area contributed by atoms with Crippen molar-refractivity contribution in [2.24, 2.45) is 0 Å². The molecule has 0 bridgehead atoms. The molecule has 0 saturated carbocycles. The molecule has 0 N–H and O–H groups in total. The fraction of sp³-hybridized carbons (Fsp3) is 0.615. The second-order valence-corrected chi connectivity index (χ2v) is 4.55. The summed E-state index contributed by atoms with van der Waals surface area (Å²) in [6.45, 7) is 6.60. The van der Waals surface area contributed by atoms with Crippen LogP contribution < -0.4 is 0 Å².